The van der Waals surface area contributed by atoms with Gasteiger partial charge in [0.25, 0.3) is 0 Å². The molecule has 5 aliphatic carbocycles. The third-order valence-corrected chi connectivity index (χ3v) is 9.75. The average Bonchev–Trinajstić information content (AvgIpc) is 3.33. The molecule has 4 fully saturated rings. The lowest BCUT2D eigenvalue weighted by molar-refractivity contribution is -0.167. The number of hydrogen-bond donors (Lipinski definition) is 0. The molecule has 0 aliphatic heterocycles. The fraction of sp³-hybridized carbons (Fsp3) is 0.815. The maximum Gasteiger partial charge on any atom is 0.304 e. The van der Waals surface area contributed by atoms with E-state index in [0.717, 1.165) is 37.0 Å². The standard InChI is InChI=1S/C27H38O3/c1-4-27(30-18(2)28)16-14-25-24-11-9-19-17-21(29-20-7-5-6-8-20)10-12-22(19)23(24)13-15-26(25,27)3/h1,17,20-25H,5-16H2,2-3H3/t21-,22-,23+,24+,25-,26-,27-/m0/s1. The topological polar surface area (TPSA) is 35.5 Å². The largest absolute Gasteiger partial charge is 0.445 e. The zero-order chi connectivity index (χ0) is 20.9. The molecule has 0 radical (unpaired) electrons. The highest BCUT2D eigenvalue weighted by molar-refractivity contribution is 5.67. The Balaban J connectivity index is 1.33. The highest BCUT2D eigenvalue weighted by atomic mass is 16.6. The molecule has 5 rings (SSSR count). The summed E-state index contributed by atoms with van der Waals surface area (Å²) in [4.78, 5) is 11.9. The highest BCUT2D eigenvalue weighted by Crippen LogP contribution is 2.65. The van der Waals surface area contributed by atoms with Crippen LogP contribution in [-0.2, 0) is 14.3 Å². The Bertz CT molecular complexity index is 757. The lowest BCUT2D eigenvalue weighted by Crippen LogP contribution is -2.53. The van der Waals surface area contributed by atoms with Crippen LogP contribution in [0, 0.1) is 41.4 Å². The van der Waals surface area contributed by atoms with E-state index in [-0.39, 0.29) is 11.4 Å². The van der Waals surface area contributed by atoms with Gasteiger partial charge in [0.15, 0.2) is 5.60 Å². The first-order chi connectivity index (χ1) is 14.5. The lowest BCUT2D eigenvalue weighted by atomic mass is 9.50. The molecule has 0 heterocycles. The minimum absolute atomic E-state index is 0.0708. The van der Waals surface area contributed by atoms with Crippen LogP contribution in [-0.4, -0.2) is 23.8 Å². The minimum Gasteiger partial charge on any atom is -0.445 e. The van der Waals surface area contributed by atoms with Crippen molar-refractivity contribution in [3.63, 3.8) is 0 Å². The Morgan fingerprint density at radius 1 is 1.07 bits per heavy atom. The summed E-state index contributed by atoms with van der Waals surface area (Å²) in [5.74, 6) is 5.57. The summed E-state index contributed by atoms with van der Waals surface area (Å²) in [6, 6.07) is 0. The molecule has 4 saturated carbocycles. The molecule has 5 aliphatic rings. The smallest absolute Gasteiger partial charge is 0.304 e. The molecule has 0 bridgehead atoms. The Kier molecular flexibility index (Phi) is 5.29. The second-order valence-corrected chi connectivity index (χ2v) is 11.0. The summed E-state index contributed by atoms with van der Waals surface area (Å²) >= 11 is 0. The lowest BCUT2D eigenvalue weighted by Gasteiger charge is -2.55. The van der Waals surface area contributed by atoms with E-state index >= 15 is 0 Å². The van der Waals surface area contributed by atoms with Crippen LogP contribution in [0.25, 0.3) is 0 Å². The fourth-order valence-electron chi connectivity index (χ4n) is 8.35. The Hall–Kier alpha value is -1.27. The third kappa shape index (κ3) is 3.17. The first kappa shape index (κ1) is 20.6. The summed E-state index contributed by atoms with van der Waals surface area (Å²) in [7, 11) is 0. The van der Waals surface area contributed by atoms with Gasteiger partial charge in [-0.2, -0.15) is 0 Å². The SMILES string of the molecule is C#C[C@]1(OC(C)=O)CC[C@H]2[C@@H]3CCC4=C[C@@H](OC5CCCC5)CC[C@@H]4[C@H]3CC[C@@]21C. The van der Waals surface area contributed by atoms with Crippen LogP contribution < -0.4 is 0 Å². The van der Waals surface area contributed by atoms with Gasteiger partial charge in [0.2, 0.25) is 0 Å². The van der Waals surface area contributed by atoms with E-state index in [1.54, 1.807) is 5.57 Å². The quantitative estimate of drug-likeness (QED) is 0.334. The maximum atomic E-state index is 11.9. The number of terminal acetylenes is 1. The van der Waals surface area contributed by atoms with Gasteiger partial charge in [-0.25, -0.2) is 0 Å². The molecular weight excluding hydrogens is 372 g/mol. The van der Waals surface area contributed by atoms with Crippen molar-refractivity contribution in [3.05, 3.63) is 11.6 Å². The predicted octanol–water partition coefficient (Wildman–Crippen LogP) is 5.82. The van der Waals surface area contributed by atoms with Crippen LogP contribution in [0.1, 0.15) is 90.9 Å². The number of esters is 1. The molecule has 164 valence electrons. The molecule has 0 amide bonds. The maximum absolute atomic E-state index is 11.9. The van der Waals surface area contributed by atoms with Crippen molar-refractivity contribution in [3.8, 4) is 12.3 Å². The molecule has 0 aromatic carbocycles. The number of allylic oxidation sites excluding steroid dienone is 1. The first-order valence-corrected chi connectivity index (χ1v) is 12.5. The van der Waals surface area contributed by atoms with E-state index in [0.29, 0.717) is 18.1 Å². The molecule has 0 spiro atoms. The van der Waals surface area contributed by atoms with E-state index in [4.69, 9.17) is 15.9 Å². The Morgan fingerprint density at radius 3 is 2.60 bits per heavy atom. The molecular formula is C27H38O3. The van der Waals surface area contributed by atoms with E-state index < -0.39 is 5.60 Å². The number of carbonyl (C=O) groups excluding carboxylic acids is 1. The van der Waals surface area contributed by atoms with Gasteiger partial charge in [0.1, 0.15) is 0 Å². The Morgan fingerprint density at radius 2 is 1.87 bits per heavy atom. The summed E-state index contributed by atoms with van der Waals surface area (Å²) in [6.45, 7) is 3.83. The van der Waals surface area contributed by atoms with E-state index in [9.17, 15) is 4.79 Å². The van der Waals surface area contributed by atoms with Crippen molar-refractivity contribution >= 4 is 5.97 Å². The number of fused-ring (bicyclic) bond motifs is 5. The van der Waals surface area contributed by atoms with Crippen LogP contribution in [0.3, 0.4) is 0 Å². The van der Waals surface area contributed by atoms with Gasteiger partial charge in [0, 0.05) is 12.3 Å². The molecule has 0 unspecified atom stereocenters. The zero-order valence-corrected chi connectivity index (χ0v) is 18.8. The molecule has 0 aromatic heterocycles. The number of rotatable bonds is 3. The second kappa shape index (κ2) is 7.70. The molecule has 3 nitrogen and oxygen atoms in total. The van der Waals surface area contributed by atoms with E-state index in [1.165, 1.54) is 64.7 Å². The van der Waals surface area contributed by atoms with Gasteiger partial charge in [-0.3, -0.25) is 4.79 Å². The van der Waals surface area contributed by atoms with Gasteiger partial charge >= 0.3 is 5.97 Å². The van der Waals surface area contributed by atoms with Crippen LogP contribution in [0.15, 0.2) is 11.6 Å². The van der Waals surface area contributed by atoms with Crippen LogP contribution in [0.2, 0.25) is 0 Å². The average molecular weight is 411 g/mol. The van der Waals surface area contributed by atoms with Crippen molar-refractivity contribution in [2.24, 2.45) is 29.1 Å². The van der Waals surface area contributed by atoms with Gasteiger partial charge in [-0.1, -0.05) is 37.3 Å². The van der Waals surface area contributed by atoms with Gasteiger partial charge < -0.3 is 9.47 Å². The zero-order valence-electron chi connectivity index (χ0n) is 18.8. The van der Waals surface area contributed by atoms with Crippen molar-refractivity contribution in [2.45, 2.75) is 109 Å². The van der Waals surface area contributed by atoms with Crippen molar-refractivity contribution < 1.29 is 14.3 Å². The minimum atomic E-state index is -0.697. The molecule has 7 atom stereocenters. The molecule has 0 aromatic rings. The summed E-state index contributed by atoms with van der Waals surface area (Å²) in [5, 5.41) is 0. The van der Waals surface area contributed by atoms with Crippen molar-refractivity contribution in [1.29, 1.82) is 0 Å². The predicted molar refractivity (Wildman–Crippen MR) is 118 cm³/mol. The monoisotopic (exact) mass is 410 g/mol. The molecule has 3 heteroatoms. The summed E-state index contributed by atoms with van der Waals surface area (Å²) in [5.41, 5.74) is 0.922. The number of ether oxygens (including phenoxy) is 2. The Labute approximate surface area is 182 Å². The van der Waals surface area contributed by atoms with Crippen LogP contribution in [0.4, 0.5) is 0 Å². The van der Waals surface area contributed by atoms with Gasteiger partial charge in [-0.15, -0.1) is 6.42 Å². The summed E-state index contributed by atoms with van der Waals surface area (Å²) in [6.07, 6.45) is 23.8. The van der Waals surface area contributed by atoms with Crippen LogP contribution in [0.5, 0.6) is 0 Å². The van der Waals surface area contributed by atoms with Gasteiger partial charge in [0.05, 0.1) is 12.2 Å². The first-order valence-electron chi connectivity index (χ1n) is 12.5. The summed E-state index contributed by atoms with van der Waals surface area (Å²) < 4.78 is 12.3. The number of carbonyl (C=O) groups is 1. The number of hydrogen-bond acceptors (Lipinski definition) is 3. The van der Waals surface area contributed by atoms with E-state index in [2.05, 4.69) is 18.9 Å². The molecule has 30 heavy (non-hydrogen) atoms. The van der Waals surface area contributed by atoms with Crippen molar-refractivity contribution in [1.82, 2.24) is 0 Å². The molecule has 0 N–H and O–H groups in total. The fourth-order valence-corrected chi connectivity index (χ4v) is 8.35. The second-order valence-electron chi connectivity index (χ2n) is 11.0. The molecule has 0 saturated heterocycles. The third-order valence-electron chi connectivity index (χ3n) is 9.75. The normalized spacial score (nSPS) is 45.6. The van der Waals surface area contributed by atoms with E-state index in [1.807, 2.05) is 0 Å². The van der Waals surface area contributed by atoms with Crippen molar-refractivity contribution in [2.75, 3.05) is 0 Å². The highest BCUT2D eigenvalue weighted by Gasteiger charge is 2.64. The van der Waals surface area contributed by atoms with Gasteiger partial charge in [-0.05, 0) is 87.9 Å². The van der Waals surface area contributed by atoms with Crippen LogP contribution >= 0.6 is 0 Å².